The zero-order chi connectivity index (χ0) is 19.0. The van der Waals surface area contributed by atoms with Crippen LogP contribution in [0.4, 0.5) is 4.79 Å². The van der Waals surface area contributed by atoms with E-state index < -0.39 is 38.2 Å². The Morgan fingerprint density at radius 1 is 1.40 bits per heavy atom. The molecule has 0 unspecified atom stereocenters. The van der Waals surface area contributed by atoms with Gasteiger partial charge in [-0.2, -0.15) is 0 Å². The fourth-order valence-electron chi connectivity index (χ4n) is 3.01. The number of amides is 1. The molecule has 1 amide bonds. The molecular weight excluding hydrogens is 366 g/mol. The first-order valence-electron chi connectivity index (χ1n) is 7.91. The molecule has 1 aromatic carbocycles. The number of rotatable bonds is 5. The largest absolute Gasteiger partial charge is 0.444 e. The summed E-state index contributed by atoms with van der Waals surface area (Å²) < 4.78 is 30.2. The number of sulfone groups is 1. The molecule has 0 radical (unpaired) electrons. The van der Waals surface area contributed by atoms with Gasteiger partial charge in [0, 0.05) is 16.7 Å². The molecule has 0 saturated heterocycles. The molecule has 1 N–H and O–H groups in total. The summed E-state index contributed by atoms with van der Waals surface area (Å²) in [5.41, 5.74) is -1.74. The third-order valence-electron chi connectivity index (χ3n) is 4.09. The number of hydrogen-bond acceptors (Lipinski definition) is 5. The van der Waals surface area contributed by atoms with Gasteiger partial charge in [0.05, 0.1) is 0 Å². The fraction of sp³-hybridized carbons (Fsp3) is 0.529. The Hall–Kier alpha value is -1.60. The van der Waals surface area contributed by atoms with Gasteiger partial charge >= 0.3 is 6.09 Å². The molecule has 0 aromatic heterocycles. The molecule has 1 aromatic rings. The smallest absolute Gasteiger partial charge is 0.408 e. The first kappa shape index (κ1) is 19.7. The van der Waals surface area contributed by atoms with Crippen LogP contribution < -0.4 is 5.32 Å². The summed E-state index contributed by atoms with van der Waals surface area (Å²) in [7, 11) is -3.59. The summed E-state index contributed by atoms with van der Waals surface area (Å²) in [5.74, 6) is -0.846. The number of ether oxygens (including phenoxy) is 1. The van der Waals surface area contributed by atoms with Gasteiger partial charge in [-0.1, -0.05) is 30.7 Å². The molecule has 138 valence electrons. The Bertz CT molecular complexity index is 786. The number of alkyl carbamates (subject to hydrolysis) is 1. The monoisotopic (exact) mass is 387 g/mol. The Morgan fingerprint density at radius 3 is 2.52 bits per heavy atom. The van der Waals surface area contributed by atoms with Crippen molar-refractivity contribution in [2.75, 3.05) is 5.75 Å². The fourth-order valence-corrected chi connectivity index (χ4v) is 5.14. The van der Waals surface area contributed by atoms with Gasteiger partial charge in [-0.15, -0.1) is 0 Å². The highest BCUT2D eigenvalue weighted by molar-refractivity contribution is 7.92. The highest BCUT2D eigenvalue weighted by Crippen LogP contribution is 2.55. The first-order valence-corrected chi connectivity index (χ1v) is 10.0. The second kappa shape index (κ2) is 6.61. The van der Waals surface area contributed by atoms with Crippen molar-refractivity contribution in [2.24, 2.45) is 0 Å². The maximum absolute atomic E-state index is 12.5. The minimum Gasteiger partial charge on any atom is -0.444 e. The predicted molar refractivity (Wildman–Crippen MR) is 95.6 cm³/mol. The van der Waals surface area contributed by atoms with Crippen molar-refractivity contribution in [2.45, 2.75) is 50.0 Å². The zero-order valence-electron chi connectivity index (χ0n) is 14.6. The Morgan fingerprint density at radius 2 is 2.04 bits per heavy atom. The van der Waals surface area contributed by atoms with Crippen LogP contribution in [0.3, 0.4) is 0 Å². The van der Waals surface area contributed by atoms with Gasteiger partial charge in [-0.3, -0.25) is 0 Å². The van der Waals surface area contributed by atoms with Crippen molar-refractivity contribution in [3.63, 3.8) is 0 Å². The van der Waals surface area contributed by atoms with Crippen molar-refractivity contribution in [3.05, 3.63) is 34.9 Å². The van der Waals surface area contributed by atoms with Gasteiger partial charge in [0.15, 0.2) is 9.84 Å². The van der Waals surface area contributed by atoms with Crippen LogP contribution in [0.1, 0.15) is 39.2 Å². The van der Waals surface area contributed by atoms with Crippen molar-refractivity contribution >= 4 is 33.8 Å². The topological polar surface area (TPSA) is 89.5 Å². The lowest BCUT2D eigenvalue weighted by molar-refractivity contribution is -0.110. The average Bonchev–Trinajstić information content (AvgIpc) is 3.15. The van der Waals surface area contributed by atoms with Gasteiger partial charge in [0.25, 0.3) is 0 Å². The predicted octanol–water partition coefficient (Wildman–Crippen LogP) is 2.70. The van der Waals surface area contributed by atoms with E-state index in [1.54, 1.807) is 45.0 Å². The number of carbonyl (C=O) groups excluding carboxylic acids is 2. The zero-order valence-corrected chi connectivity index (χ0v) is 16.1. The molecule has 2 rings (SSSR count). The van der Waals surface area contributed by atoms with Gasteiger partial charge in [0.1, 0.15) is 22.7 Å². The third kappa shape index (κ3) is 3.98. The number of benzene rings is 1. The second-order valence-corrected chi connectivity index (χ2v) is 9.93. The molecule has 6 nitrogen and oxygen atoms in total. The Kier molecular flexibility index (Phi) is 5.21. The standard InChI is InChI=1S/C17H22ClNO5S/c1-5-25(22,23)14-13(11-7-6-8-12(18)9-11)17(14,10-20)19-15(21)24-16(2,3)4/h6-10,13-14H,5H2,1-4H3,(H,19,21)/t13-,14-,17-/m1/s1. The van der Waals surface area contributed by atoms with E-state index in [1.807, 2.05) is 0 Å². The van der Waals surface area contributed by atoms with E-state index >= 15 is 0 Å². The Labute approximate surface area is 152 Å². The van der Waals surface area contributed by atoms with Crippen LogP contribution in [0.15, 0.2) is 24.3 Å². The van der Waals surface area contributed by atoms with E-state index in [0.29, 0.717) is 16.9 Å². The molecule has 3 atom stereocenters. The molecule has 1 saturated carbocycles. The molecule has 1 aliphatic carbocycles. The molecule has 0 heterocycles. The van der Waals surface area contributed by atoms with Crippen LogP contribution in [0.25, 0.3) is 0 Å². The lowest BCUT2D eigenvalue weighted by Crippen LogP contribution is -2.45. The third-order valence-corrected chi connectivity index (χ3v) is 6.56. The van der Waals surface area contributed by atoms with Gasteiger partial charge < -0.3 is 14.8 Å². The van der Waals surface area contributed by atoms with Crippen LogP contribution in [-0.2, 0) is 19.4 Å². The highest BCUT2D eigenvalue weighted by atomic mass is 35.5. The van der Waals surface area contributed by atoms with Crippen LogP contribution in [0.5, 0.6) is 0 Å². The number of hydrogen-bond donors (Lipinski definition) is 1. The normalized spacial score (nSPS) is 26.0. The summed E-state index contributed by atoms with van der Waals surface area (Å²) in [6.07, 6.45) is -0.346. The minimum absolute atomic E-state index is 0.139. The molecule has 25 heavy (non-hydrogen) atoms. The van der Waals surface area contributed by atoms with Crippen LogP contribution >= 0.6 is 11.6 Å². The van der Waals surface area contributed by atoms with E-state index in [1.165, 1.54) is 6.92 Å². The van der Waals surface area contributed by atoms with Gasteiger partial charge in [-0.05, 0) is 38.5 Å². The maximum Gasteiger partial charge on any atom is 0.408 e. The molecule has 1 fully saturated rings. The number of halogens is 1. The van der Waals surface area contributed by atoms with Crippen molar-refractivity contribution in [1.82, 2.24) is 5.32 Å². The summed E-state index contributed by atoms with van der Waals surface area (Å²) in [4.78, 5) is 24.0. The highest BCUT2D eigenvalue weighted by Gasteiger charge is 2.72. The van der Waals surface area contributed by atoms with E-state index in [9.17, 15) is 18.0 Å². The summed E-state index contributed by atoms with van der Waals surface area (Å²) in [5, 5.41) is 1.86. The lowest BCUT2D eigenvalue weighted by atomic mass is 10.1. The molecular formula is C17H22ClNO5S. The quantitative estimate of drug-likeness (QED) is 0.784. The molecule has 0 spiro atoms. The van der Waals surface area contributed by atoms with Crippen molar-refractivity contribution < 1.29 is 22.7 Å². The molecule has 0 bridgehead atoms. The van der Waals surface area contributed by atoms with Crippen molar-refractivity contribution in [3.8, 4) is 0 Å². The minimum atomic E-state index is -3.59. The van der Waals surface area contributed by atoms with E-state index in [-0.39, 0.29) is 5.75 Å². The SMILES string of the molecule is CCS(=O)(=O)[C@@H]1[C@@H](c2cccc(Cl)c2)[C@@]1(C=O)NC(=O)OC(C)(C)C. The summed E-state index contributed by atoms with van der Waals surface area (Å²) in [6, 6.07) is 6.62. The van der Waals surface area contributed by atoms with E-state index in [4.69, 9.17) is 16.3 Å². The number of nitrogens with one attached hydrogen (secondary N) is 1. The number of aldehydes is 1. The molecule has 0 aliphatic heterocycles. The summed E-state index contributed by atoms with van der Waals surface area (Å²) >= 11 is 5.99. The van der Waals surface area contributed by atoms with E-state index in [2.05, 4.69) is 5.32 Å². The van der Waals surface area contributed by atoms with Crippen LogP contribution in [0, 0.1) is 0 Å². The second-order valence-electron chi connectivity index (χ2n) is 7.08. The van der Waals surface area contributed by atoms with Crippen molar-refractivity contribution in [1.29, 1.82) is 0 Å². The average molecular weight is 388 g/mol. The summed E-state index contributed by atoms with van der Waals surface area (Å²) in [6.45, 7) is 6.55. The first-order chi connectivity index (χ1) is 11.5. The molecule has 8 heteroatoms. The van der Waals surface area contributed by atoms with E-state index in [0.717, 1.165) is 0 Å². The number of carbonyl (C=O) groups is 2. The Balaban J connectivity index is 2.42. The van der Waals surface area contributed by atoms with Crippen LogP contribution in [-0.4, -0.2) is 42.9 Å². The van der Waals surface area contributed by atoms with Gasteiger partial charge in [0.2, 0.25) is 0 Å². The lowest BCUT2D eigenvalue weighted by Gasteiger charge is -2.22. The maximum atomic E-state index is 12.5. The van der Waals surface area contributed by atoms with Crippen LogP contribution in [0.2, 0.25) is 5.02 Å². The molecule has 1 aliphatic rings. The van der Waals surface area contributed by atoms with Gasteiger partial charge in [-0.25, -0.2) is 13.2 Å².